The fourth-order valence-electron chi connectivity index (χ4n) is 2.55. The van der Waals surface area contributed by atoms with E-state index in [1.165, 1.54) is 10.4 Å². The van der Waals surface area contributed by atoms with Crippen LogP contribution in [-0.2, 0) is 19.5 Å². The van der Waals surface area contributed by atoms with Crippen LogP contribution in [0.2, 0.25) is 0 Å². The van der Waals surface area contributed by atoms with Crippen molar-refractivity contribution in [3.63, 3.8) is 0 Å². The Labute approximate surface area is 175 Å². The first-order valence-corrected chi connectivity index (χ1v) is 9.40. The molecule has 0 unspecified atom stereocenters. The molecule has 5 nitrogen and oxygen atoms in total. The lowest BCUT2D eigenvalue weighted by Gasteiger charge is -2.10. The van der Waals surface area contributed by atoms with Gasteiger partial charge in [-0.3, -0.25) is 4.98 Å². The molecule has 0 saturated carbocycles. The number of guanidine groups is 1. The number of fused-ring (bicyclic) bond motifs is 1. The maximum Gasteiger partial charge on any atom is 0.191 e. The molecule has 0 aliphatic heterocycles. The smallest absolute Gasteiger partial charge is 0.191 e. The van der Waals surface area contributed by atoms with Crippen LogP contribution in [0.5, 0.6) is 0 Å². The molecule has 2 heterocycles. The van der Waals surface area contributed by atoms with Crippen molar-refractivity contribution in [1.82, 2.24) is 20.6 Å². The standard InChI is InChI=1S/C19H23N5S.HI/c1-3-15-12-22-18(25-15)13-24-19(20-4-2)23-11-14-9-10-21-17-8-6-5-7-16(14)17;/h5-10,12H,3-4,11,13H2,1-2H3,(H2,20,23,24);1H. The maximum absolute atomic E-state index is 4.72. The van der Waals surface area contributed by atoms with Gasteiger partial charge >= 0.3 is 0 Å². The molecule has 26 heavy (non-hydrogen) atoms. The number of hydrogen-bond donors (Lipinski definition) is 2. The largest absolute Gasteiger partial charge is 0.357 e. The number of aromatic nitrogens is 2. The Morgan fingerprint density at radius 3 is 2.73 bits per heavy atom. The maximum atomic E-state index is 4.72. The predicted molar refractivity (Wildman–Crippen MR) is 120 cm³/mol. The first-order valence-electron chi connectivity index (χ1n) is 8.58. The fraction of sp³-hybridized carbons (Fsp3) is 0.316. The minimum absolute atomic E-state index is 0. The monoisotopic (exact) mass is 481 g/mol. The minimum Gasteiger partial charge on any atom is -0.357 e. The number of hydrogen-bond acceptors (Lipinski definition) is 4. The highest BCUT2D eigenvalue weighted by atomic mass is 127. The molecule has 1 aromatic carbocycles. The van der Waals surface area contributed by atoms with Crippen LogP contribution in [0.15, 0.2) is 47.7 Å². The molecule has 0 fully saturated rings. The van der Waals surface area contributed by atoms with E-state index >= 15 is 0 Å². The van der Waals surface area contributed by atoms with E-state index in [1.54, 1.807) is 11.3 Å². The Balaban J connectivity index is 0.00000243. The highest BCUT2D eigenvalue weighted by Gasteiger charge is 2.04. The van der Waals surface area contributed by atoms with Crippen molar-refractivity contribution in [2.75, 3.05) is 6.54 Å². The lowest BCUT2D eigenvalue weighted by molar-refractivity contribution is 0.812. The van der Waals surface area contributed by atoms with Crippen LogP contribution in [0.1, 0.15) is 29.3 Å². The quantitative estimate of drug-likeness (QED) is 0.316. The number of benzene rings is 1. The van der Waals surface area contributed by atoms with Crippen molar-refractivity contribution in [3.8, 4) is 0 Å². The number of thiazole rings is 1. The van der Waals surface area contributed by atoms with Crippen molar-refractivity contribution < 1.29 is 0 Å². The summed E-state index contributed by atoms with van der Waals surface area (Å²) in [5.74, 6) is 0.802. The van der Waals surface area contributed by atoms with Crippen molar-refractivity contribution in [1.29, 1.82) is 0 Å². The Kier molecular flexibility index (Phi) is 8.24. The third-order valence-corrected chi connectivity index (χ3v) is 4.99. The first kappa shape index (κ1) is 20.6. The second-order valence-electron chi connectivity index (χ2n) is 5.61. The number of nitrogens with one attached hydrogen (secondary N) is 2. The molecule has 0 bridgehead atoms. The molecule has 138 valence electrons. The van der Waals surface area contributed by atoms with Gasteiger partial charge in [-0.1, -0.05) is 25.1 Å². The summed E-state index contributed by atoms with van der Waals surface area (Å²) in [5.41, 5.74) is 2.17. The highest BCUT2D eigenvalue weighted by Crippen LogP contribution is 2.17. The van der Waals surface area contributed by atoms with Gasteiger partial charge in [0.05, 0.1) is 18.6 Å². The summed E-state index contributed by atoms with van der Waals surface area (Å²) in [6.07, 6.45) is 4.82. The van der Waals surface area contributed by atoms with Gasteiger partial charge in [0.25, 0.3) is 0 Å². The molecular formula is C19H24IN5S. The number of rotatable bonds is 6. The molecule has 0 aliphatic carbocycles. The molecule has 0 atom stereocenters. The average molecular weight is 481 g/mol. The van der Waals surface area contributed by atoms with E-state index in [9.17, 15) is 0 Å². The first-order chi connectivity index (χ1) is 12.3. The lowest BCUT2D eigenvalue weighted by atomic mass is 10.1. The van der Waals surface area contributed by atoms with Gasteiger partial charge in [0, 0.05) is 29.2 Å². The topological polar surface area (TPSA) is 62.2 Å². The lowest BCUT2D eigenvalue weighted by Crippen LogP contribution is -2.36. The predicted octanol–water partition coefficient (Wildman–Crippen LogP) is 4.13. The van der Waals surface area contributed by atoms with E-state index in [0.29, 0.717) is 13.1 Å². The fourth-order valence-corrected chi connectivity index (χ4v) is 3.35. The summed E-state index contributed by atoms with van der Waals surface area (Å²) in [5, 5.41) is 8.89. The third-order valence-electron chi connectivity index (χ3n) is 3.85. The van der Waals surface area contributed by atoms with Crippen molar-refractivity contribution in [3.05, 3.63) is 58.2 Å². The van der Waals surface area contributed by atoms with Gasteiger partial charge in [-0.05, 0) is 31.0 Å². The Morgan fingerprint density at radius 2 is 1.96 bits per heavy atom. The van der Waals surface area contributed by atoms with E-state index in [-0.39, 0.29) is 24.0 Å². The van der Waals surface area contributed by atoms with Gasteiger partial charge in [-0.15, -0.1) is 35.3 Å². The van der Waals surface area contributed by atoms with Crippen LogP contribution in [-0.4, -0.2) is 22.5 Å². The number of halogens is 1. The van der Waals surface area contributed by atoms with E-state index in [0.717, 1.165) is 34.8 Å². The van der Waals surface area contributed by atoms with Crippen molar-refractivity contribution >= 4 is 52.2 Å². The number of para-hydroxylation sites is 1. The van der Waals surface area contributed by atoms with Crippen molar-refractivity contribution in [2.45, 2.75) is 33.4 Å². The van der Waals surface area contributed by atoms with Gasteiger partial charge in [-0.2, -0.15) is 0 Å². The Bertz CT molecular complexity index is 857. The molecule has 0 radical (unpaired) electrons. The number of pyridine rings is 1. The molecule has 0 aliphatic rings. The zero-order chi connectivity index (χ0) is 17.5. The van der Waals surface area contributed by atoms with Gasteiger partial charge < -0.3 is 10.6 Å². The third kappa shape index (κ3) is 5.38. The zero-order valence-corrected chi connectivity index (χ0v) is 18.2. The van der Waals surface area contributed by atoms with Crippen LogP contribution < -0.4 is 10.6 Å². The Morgan fingerprint density at radius 1 is 1.12 bits per heavy atom. The number of aliphatic imine (C=N–C) groups is 1. The normalized spacial score (nSPS) is 11.2. The summed E-state index contributed by atoms with van der Waals surface area (Å²) < 4.78 is 0. The minimum atomic E-state index is 0. The van der Waals surface area contributed by atoms with Crippen LogP contribution in [0.4, 0.5) is 0 Å². The van der Waals surface area contributed by atoms with Gasteiger partial charge in [0.15, 0.2) is 5.96 Å². The molecule has 3 aromatic rings. The SMILES string of the molecule is CCNC(=NCc1ccnc2ccccc12)NCc1ncc(CC)s1.I. The van der Waals surface area contributed by atoms with Crippen LogP contribution >= 0.6 is 35.3 Å². The second-order valence-corrected chi connectivity index (χ2v) is 6.81. The molecule has 0 amide bonds. The molecule has 0 saturated heterocycles. The van der Waals surface area contributed by atoms with Gasteiger partial charge in [0.1, 0.15) is 5.01 Å². The molecule has 2 aromatic heterocycles. The van der Waals surface area contributed by atoms with E-state index < -0.39 is 0 Å². The summed E-state index contributed by atoms with van der Waals surface area (Å²) >= 11 is 1.74. The zero-order valence-electron chi connectivity index (χ0n) is 15.0. The summed E-state index contributed by atoms with van der Waals surface area (Å²) in [7, 11) is 0. The molecule has 2 N–H and O–H groups in total. The highest BCUT2D eigenvalue weighted by molar-refractivity contribution is 14.0. The molecule has 7 heteroatoms. The molecule has 0 spiro atoms. The average Bonchev–Trinajstić information content (AvgIpc) is 3.12. The van der Waals surface area contributed by atoms with Crippen LogP contribution in [0, 0.1) is 0 Å². The van der Waals surface area contributed by atoms with E-state index in [1.807, 2.05) is 36.7 Å². The van der Waals surface area contributed by atoms with Gasteiger partial charge in [0.2, 0.25) is 0 Å². The Hall–Kier alpha value is -1.74. The summed E-state index contributed by atoms with van der Waals surface area (Å²) in [6, 6.07) is 10.2. The number of nitrogens with zero attached hydrogens (tertiary/aromatic N) is 3. The van der Waals surface area contributed by atoms with Crippen LogP contribution in [0.3, 0.4) is 0 Å². The number of aryl methyl sites for hydroxylation is 1. The molecule has 3 rings (SSSR count). The molecular weight excluding hydrogens is 457 g/mol. The van der Waals surface area contributed by atoms with Gasteiger partial charge in [-0.25, -0.2) is 9.98 Å². The van der Waals surface area contributed by atoms with E-state index in [4.69, 9.17) is 4.99 Å². The van der Waals surface area contributed by atoms with E-state index in [2.05, 4.69) is 40.5 Å². The summed E-state index contributed by atoms with van der Waals surface area (Å²) in [4.78, 5) is 14.9. The van der Waals surface area contributed by atoms with Crippen LogP contribution in [0.25, 0.3) is 10.9 Å². The second kappa shape index (κ2) is 10.4. The summed E-state index contributed by atoms with van der Waals surface area (Å²) in [6.45, 7) is 6.33. The van der Waals surface area contributed by atoms with Crippen molar-refractivity contribution in [2.24, 2.45) is 4.99 Å².